The molecule has 2 aromatic heterocycles. The summed E-state index contributed by atoms with van der Waals surface area (Å²) in [4.78, 5) is 4.29. The quantitative estimate of drug-likeness (QED) is 0.788. The van der Waals surface area contributed by atoms with Gasteiger partial charge in [-0.25, -0.2) is 4.98 Å². The van der Waals surface area contributed by atoms with E-state index in [1.807, 2.05) is 18.3 Å². The molecule has 0 aliphatic rings. The number of thiophene rings is 1. The third-order valence-electron chi connectivity index (χ3n) is 2.76. The molecule has 0 radical (unpaired) electrons. The van der Waals surface area contributed by atoms with Gasteiger partial charge in [0.05, 0.1) is 0 Å². The number of rotatable bonds is 4. The standard InChI is InChI=1S/C13H13N3S2/c1-9-15-13(18-16-9)14-7-6-10-8-17-12-5-3-2-4-11(10)12/h2-5,8H,6-7H2,1H3,(H,14,15,16). The molecule has 0 spiro atoms. The van der Waals surface area contributed by atoms with Crippen molar-refractivity contribution in [1.29, 1.82) is 0 Å². The Bertz CT molecular complexity index is 657. The fourth-order valence-corrected chi connectivity index (χ4v) is 3.50. The Kier molecular flexibility index (Phi) is 3.25. The number of hydrogen-bond acceptors (Lipinski definition) is 5. The molecule has 1 aromatic carbocycles. The second-order valence-electron chi connectivity index (χ2n) is 4.08. The smallest absolute Gasteiger partial charge is 0.202 e. The van der Waals surface area contributed by atoms with Crippen molar-refractivity contribution in [3.63, 3.8) is 0 Å². The van der Waals surface area contributed by atoms with Crippen LogP contribution in [0.3, 0.4) is 0 Å². The first-order valence-corrected chi connectivity index (χ1v) is 7.47. The fraction of sp³-hybridized carbons (Fsp3) is 0.231. The molecule has 3 nitrogen and oxygen atoms in total. The van der Waals surface area contributed by atoms with Crippen LogP contribution in [0, 0.1) is 6.92 Å². The lowest BCUT2D eigenvalue weighted by atomic mass is 10.1. The van der Waals surface area contributed by atoms with Crippen molar-refractivity contribution < 1.29 is 0 Å². The zero-order valence-corrected chi connectivity index (χ0v) is 11.6. The summed E-state index contributed by atoms with van der Waals surface area (Å²) < 4.78 is 5.51. The van der Waals surface area contributed by atoms with Crippen LogP contribution in [0.15, 0.2) is 29.6 Å². The van der Waals surface area contributed by atoms with E-state index >= 15 is 0 Å². The highest BCUT2D eigenvalue weighted by Crippen LogP contribution is 2.25. The van der Waals surface area contributed by atoms with Gasteiger partial charge in [0.15, 0.2) is 0 Å². The van der Waals surface area contributed by atoms with E-state index in [-0.39, 0.29) is 0 Å². The van der Waals surface area contributed by atoms with Crippen LogP contribution in [-0.4, -0.2) is 15.9 Å². The summed E-state index contributed by atoms with van der Waals surface area (Å²) in [5.74, 6) is 0.837. The second-order valence-corrected chi connectivity index (χ2v) is 5.74. The topological polar surface area (TPSA) is 37.8 Å². The zero-order valence-electron chi connectivity index (χ0n) is 10.0. The van der Waals surface area contributed by atoms with Gasteiger partial charge >= 0.3 is 0 Å². The first-order chi connectivity index (χ1) is 8.83. The van der Waals surface area contributed by atoms with Crippen molar-refractivity contribution in [2.45, 2.75) is 13.3 Å². The molecule has 0 fully saturated rings. The minimum Gasteiger partial charge on any atom is -0.360 e. The lowest BCUT2D eigenvalue weighted by Gasteiger charge is -2.01. The number of aryl methyl sites for hydroxylation is 1. The van der Waals surface area contributed by atoms with E-state index in [1.165, 1.54) is 27.2 Å². The van der Waals surface area contributed by atoms with E-state index in [2.05, 4.69) is 44.3 Å². The summed E-state index contributed by atoms with van der Waals surface area (Å²) in [5, 5.41) is 7.85. The summed E-state index contributed by atoms with van der Waals surface area (Å²) in [6.07, 6.45) is 1.02. The number of aromatic nitrogens is 2. The molecule has 0 aliphatic carbocycles. The molecule has 0 saturated carbocycles. The van der Waals surface area contributed by atoms with Gasteiger partial charge in [0.25, 0.3) is 0 Å². The summed E-state index contributed by atoms with van der Waals surface area (Å²) in [7, 11) is 0. The fourth-order valence-electron chi connectivity index (χ4n) is 1.90. The van der Waals surface area contributed by atoms with Gasteiger partial charge in [-0.1, -0.05) is 18.2 Å². The maximum atomic E-state index is 4.29. The van der Waals surface area contributed by atoms with Crippen molar-refractivity contribution in [2.24, 2.45) is 0 Å². The van der Waals surface area contributed by atoms with Crippen molar-refractivity contribution in [2.75, 3.05) is 11.9 Å². The molecule has 5 heteroatoms. The molecule has 1 N–H and O–H groups in total. The average Bonchev–Trinajstić information content (AvgIpc) is 2.97. The highest BCUT2D eigenvalue weighted by Gasteiger charge is 2.04. The Hall–Kier alpha value is -1.46. The Morgan fingerprint density at radius 1 is 1.28 bits per heavy atom. The maximum Gasteiger partial charge on any atom is 0.202 e. The molecule has 3 aromatic rings. The monoisotopic (exact) mass is 275 g/mol. The maximum absolute atomic E-state index is 4.29. The molecular formula is C13H13N3S2. The number of nitrogens with one attached hydrogen (secondary N) is 1. The van der Waals surface area contributed by atoms with Gasteiger partial charge in [0.1, 0.15) is 5.82 Å². The van der Waals surface area contributed by atoms with Crippen LogP contribution >= 0.6 is 22.9 Å². The highest BCUT2D eigenvalue weighted by molar-refractivity contribution is 7.17. The Morgan fingerprint density at radius 2 is 2.17 bits per heavy atom. The third kappa shape index (κ3) is 2.37. The number of nitrogens with zero attached hydrogens (tertiary/aromatic N) is 2. The van der Waals surface area contributed by atoms with Gasteiger partial charge in [-0.15, -0.1) is 11.3 Å². The SMILES string of the molecule is Cc1nsc(NCCc2csc3ccccc23)n1. The molecule has 0 aliphatic heterocycles. The molecule has 0 unspecified atom stereocenters. The van der Waals surface area contributed by atoms with Crippen molar-refractivity contribution in [3.8, 4) is 0 Å². The van der Waals surface area contributed by atoms with Gasteiger partial charge in [0.2, 0.25) is 5.13 Å². The van der Waals surface area contributed by atoms with Gasteiger partial charge in [-0.2, -0.15) is 4.37 Å². The second kappa shape index (κ2) is 5.04. The molecule has 3 rings (SSSR count). The third-order valence-corrected chi connectivity index (χ3v) is 4.54. The van der Waals surface area contributed by atoms with Crippen LogP contribution in [0.5, 0.6) is 0 Å². The van der Waals surface area contributed by atoms with Crippen LogP contribution in [0.25, 0.3) is 10.1 Å². The lowest BCUT2D eigenvalue weighted by molar-refractivity contribution is 1.02. The zero-order chi connectivity index (χ0) is 12.4. The van der Waals surface area contributed by atoms with Gasteiger partial charge < -0.3 is 5.32 Å². The number of fused-ring (bicyclic) bond motifs is 1. The van der Waals surface area contributed by atoms with E-state index in [0.29, 0.717) is 0 Å². The highest BCUT2D eigenvalue weighted by atomic mass is 32.1. The molecule has 0 saturated heterocycles. The summed E-state index contributed by atoms with van der Waals surface area (Å²) in [6.45, 7) is 2.81. The van der Waals surface area contributed by atoms with Crippen LogP contribution in [0.1, 0.15) is 11.4 Å². The Balaban J connectivity index is 1.66. The van der Waals surface area contributed by atoms with Crippen molar-refractivity contribution >= 4 is 38.1 Å². The van der Waals surface area contributed by atoms with Gasteiger partial charge in [-0.05, 0) is 35.7 Å². The largest absolute Gasteiger partial charge is 0.360 e. The molecule has 0 atom stereocenters. The molecule has 0 amide bonds. The first kappa shape index (κ1) is 11.6. The minimum atomic E-state index is 0.837. The van der Waals surface area contributed by atoms with E-state index in [9.17, 15) is 0 Å². The molecule has 0 bridgehead atoms. The minimum absolute atomic E-state index is 0.837. The summed E-state index contributed by atoms with van der Waals surface area (Å²) in [5.41, 5.74) is 1.41. The van der Waals surface area contributed by atoms with Crippen LogP contribution in [0.4, 0.5) is 5.13 Å². The Morgan fingerprint density at radius 3 is 3.00 bits per heavy atom. The van der Waals surface area contributed by atoms with Crippen LogP contribution in [0.2, 0.25) is 0 Å². The Labute approximate surface area is 114 Å². The van der Waals surface area contributed by atoms with Gasteiger partial charge in [-0.3, -0.25) is 0 Å². The van der Waals surface area contributed by atoms with Crippen LogP contribution < -0.4 is 5.32 Å². The normalized spacial score (nSPS) is 10.9. The summed E-state index contributed by atoms with van der Waals surface area (Å²) in [6, 6.07) is 8.55. The molecule has 2 heterocycles. The van der Waals surface area contributed by atoms with E-state index in [4.69, 9.17) is 0 Å². The molecule has 18 heavy (non-hydrogen) atoms. The summed E-state index contributed by atoms with van der Waals surface area (Å²) >= 11 is 3.23. The molecule has 92 valence electrons. The average molecular weight is 275 g/mol. The predicted octanol–water partition coefficient (Wildman–Crippen LogP) is 3.72. The van der Waals surface area contributed by atoms with Crippen molar-refractivity contribution in [1.82, 2.24) is 9.36 Å². The van der Waals surface area contributed by atoms with Crippen molar-refractivity contribution in [3.05, 3.63) is 41.0 Å². The van der Waals surface area contributed by atoms with E-state index in [0.717, 1.165) is 23.9 Å². The van der Waals surface area contributed by atoms with Gasteiger partial charge in [0, 0.05) is 22.8 Å². The number of hydrogen-bond donors (Lipinski definition) is 1. The van der Waals surface area contributed by atoms with E-state index in [1.54, 1.807) is 0 Å². The molecular weight excluding hydrogens is 262 g/mol. The first-order valence-electron chi connectivity index (χ1n) is 5.82. The lowest BCUT2D eigenvalue weighted by Crippen LogP contribution is -2.04. The van der Waals surface area contributed by atoms with E-state index < -0.39 is 0 Å². The number of anilines is 1. The number of benzene rings is 1. The van der Waals surface area contributed by atoms with Crippen LogP contribution in [-0.2, 0) is 6.42 Å². The predicted molar refractivity (Wildman–Crippen MR) is 78.7 cm³/mol.